The minimum absolute atomic E-state index is 0.652. The number of benzene rings is 1. The molecule has 2 aromatic rings. The summed E-state index contributed by atoms with van der Waals surface area (Å²) in [6.07, 6.45) is 7.10. The van der Waals surface area contributed by atoms with Crippen LogP contribution in [0.1, 0.15) is 48.8 Å². The number of unbranched alkanes of at least 4 members (excludes halogenated alkanes) is 1. The smallest absolute Gasteiger partial charge is 0.153 e. The van der Waals surface area contributed by atoms with E-state index in [0.29, 0.717) is 5.92 Å². The average Bonchev–Trinajstić information content (AvgIpc) is 3.16. The van der Waals surface area contributed by atoms with E-state index in [2.05, 4.69) is 45.5 Å². The third-order valence-corrected chi connectivity index (χ3v) is 3.46. The fraction of sp³-hybridized carbons (Fsp3) is 0.467. The minimum atomic E-state index is 0.652. The number of hydrogen-bond acceptors (Lipinski definition) is 2. The van der Waals surface area contributed by atoms with Crippen LogP contribution in [0.25, 0.3) is 0 Å². The third kappa shape index (κ3) is 2.97. The van der Waals surface area contributed by atoms with Crippen molar-refractivity contribution in [1.29, 1.82) is 0 Å². The third-order valence-electron chi connectivity index (χ3n) is 3.46. The van der Waals surface area contributed by atoms with E-state index in [1.165, 1.54) is 31.2 Å². The van der Waals surface area contributed by atoms with E-state index in [0.717, 1.165) is 24.5 Å². The molecule has 3 heteroatoms. The molecular weight excluding hydrogens is 222 g/mol. The quantitative estimate of drug-likeness (QED) is 0.789. The van der Waals surface area contributed by atoms with Crippen molar-refractivity contribution in [1.82, 2.24) is 15.2 Å². The number of hydrogen-bond donors (Lipinski definition) is 1. The summed E-state index contributed by atoms with van der Waals surface area (Å²) in [6.45, 7) is 0. The second-order valence-electron chi connectivity index (χ2n) is 5.11. The Morgan fingerprint density at radius 3 is 2.61 bits per heavy atom. The van der Waals surface area contributed by atoms with Crippen LogP contribution in [0.4, 0.5) is 0 Å². The molecule has 0 saturated heterocycles. The molecule has 94 valence electrons. The first-order valence-corrected chi connectivity index (χ1v) is 6.87. The summed E-state index contributed by atoms with van der Waals surface area (Å²) in [5, 5.41) is 7.34. The van der Waals surface area contributed by atoms with E-state index in [1.807, 2.05) is 0 Å². The summed E-state index contributed by atoms with van der Waals surface area (Å²) in [7, 11) is 0. The molecule has 1 aliphatic rings. The van der Waals surface area contributed by atoms with Gasteiger partial charge in [0.25, 0.3) is 0 Å². The van der Waals surface area contributed by atoms with Crippen molar-refractivity contribution < 1.29 is 0 Å². The predicted octanol–water partition coefficient (Wildman–Crippen LogP) is 3.25. The number of aryl methyl sites for hydroxylation is 2. The van der Waals surface area contributed by atoms with Crippen molar-refractivity contribution in [3.8, 4) is 0 Å². The van der Waals surface area contributed by atoms with Crippen LogP contribution in [0.5, 0.6) is 0 Å². The Morgan fingerprint density at radius 2 is 1.83 bits per heavy atom. The molecule has 1 aromatic heterocycles. The fourth-order valence-electron chi connectivity index (χ4n) is 2.21. The summed E-state index contributed by atoms with van der Waals surface area (Å²) in [4.78, 5) is 4.55. The fourth-order valence-corrected chi connectivity index (χ4v) is 2.21. The van der Waals surface area contributed by atoms with Crippen LogP contribution in [0.2, 0.25) is 0 Å². The topological polar surface area (TPSA) is 41.6 Å². The Kier molecular flexibility index (Phi) is 3.40. The van der Waals surface area contributed by atoms with Gasteiger partial charge in [0.1, 0.15) is 5.82 Å². The SMILES string of the molecule is c1ccc(CCCCc2nc(C3CC3)n[nH]2)cc1. The highest BCUT2D eigenvalue weighted by atomic mass is 15.2. The standard InChI is InChI=1S/C15H19N3/c1-2-6-12(7-3-1)8-4-5-9-14-16-15(18-17-14)13-10-11-13/h1-3,6-7,13H,4-5,8-11H2,(H,16,17,18). The van der Waals surface area contributed by atoms with E-state index in [1.54, 1.807) is 0 Å². The zero-order chi connectivity index (χ0) is 12.2. The Labute approximate surface area is 108 Å². The van der Waals surface area contributed by atoms with Gasteiger partial charge in [-0.2, -0.15) is 5.10 Å². The van der Waals surface area contributed by atoms with Gasteiger partial charge >= 0.3 is 0 Å². The van der Waals surface area contributed by atoms with Crippen LogP contribution < -0.4 is 0 Å². The molecular formula is C15H19N3. The second-order valence-corrected chi connectivity index (χ2v) is 5.11. The lowest BCUT2D eigenvalue weighted by Crippen LogP contribution is -1.91. The van der Waals surface area contributed by atoms with Gasteiger partial charge in [-0.05, 0) is 37.7 Å². The molecule has 0 radical (unpaired) electrons. The number of aromatic nitrogens is 3. The molecule has 0 unspecified atom stereocenters. The first-order chi connectivity index (χ1) is 8.92. The molecule has 1 saturated carbocycles. The van der Waals surface area contributed by atoms with Gasteiger partial charge in [-0.1, -0.05) is 30.3 Å². The number of aromatic amines is 1. The van der Waals surface area contributed by atoms with Gasteiger partial charge in [0.2, 0.25) is 0 Å². The second kappa shape index (κ2) is 5.34. The first-order valence-electron chi connectivity index (χ1n) is 6.87. The minimum Gasteiger partial charge on any atom is -0.263 e. The van der Waals surface area contributed by atoms with E-state index in [-0.39, 0.29) is 0 Å². The molecule has 1 aliphatic carbocycles. The molecule has 1 aromatic carbocycles. The summed E-state index contributed by atoms with van der Waals surface area (Å²) < 4.78 is 0. The molecule has 0 spiro atoms. The van der Waals surface area contributed by atoms with Crippen molar-refractivity contribution in [2.45, 2.75) is 44.4 Å². The Morgan fingerprint density at radius 1 is 1.06 bits per heavy atom. The molecule has 0 amide bonds. The lowest BCUT2D eigenvalue weighted by Gasteiger charge is -1.99. The number of rotatable bonds is 6. The zero-order valence-corrected chi connectivity index (χ0v) is 10.6. The van der Waals surface area contributed by atoms with Gasteiger partial charge in [-0.3, -0.25) is 5.10 Å². The maximum Gasteiger partial charge on any atom is 0.153 e. The zero-order valence-electron chi connectivity index (χ0n) is 10.6. The summed E-state index contributed by atoms with van der Waals surface area (Å²) in [6, 6.07) is 10.7. The van der Waals surface area contributed by atoms with E-state index in [9.17, 15) is 0 Å². The van der Waals surface area contributed by atoms with Gasteiger partial charge in [0, 0.05) is 12.3 Å². The van der Waals surface area contributed by atoms with Gasteiger partial charge in [0.15, 0.2) is 5.82 Å². The van der Waals surface area contributed by atoms with Crippen LogP contribution in [0, 0.1) is 0 Å². The van der Waals surface area contributed by atoms with Crippen LogP contribution in [0.15, 0.2) is 30.3 Å². The molecule has 1 heterocycles. The van der Waals surface area contributed by atoms with E-state index in [4.69, 9.17) is 0 Å². The highest BCUT2D eigenvalue weighted by Crippen LogP contribution is 2.37. The Bertz CT molecular complexity index is 485. The summed E-state index contributed by atoms with van der Waals surface area (Å²) in [5.41, 5.74) is 1.42. The predicted molar refractivity (Wildman–Crippen MR) is 71.4 cm³/mol. The number of nitrogens with zero attached hydrogens (tertiary/aromatic N) is 2. The Balaban J connectivity index is 1.41. The maximum absolute atomic E-state index is 4.55. The highest BCUT2D eigenvalue weighted by Gasteiger charge is 2.27. The maximum atomic E-state index is 4.55. The van der Waals surface area contributed by atoms with Crippen LogP contribution >= 0.6 is 0 Å². The Hall–Kier alpha value is -1.64. The van der Waals surface area contributed by atoms with Crippen molar-refractivity contribution in [3.05, 3.63) is 47.5 Å². The first kappa shape index (κ1) is 11.5. The van der Waals surface area contributed by atoms with Gasteiger partial charge in [0.05, 0.1) is 0 Å². The van der Waals surface area contributed by atoms with Gasteiger partial charge < -0.3 is 0 Å². The monoisotopic (exact) mass is 241 g/mol. The average molecular weight is 241 g/mol. The molecule has 1 fully saturated rings. The molecule has 0 atom stereocenters. The van der Waals surface area contributed by atoms with E-state index >= 15 is 0 Å². The summed E-state index contributed by atoms with van der Waals surface area (Å²) >= 11 is 0. The van der Waals surface area contributed by atoms with E-state index < -0.39 is 0 Å². The molecule has 3 nitrogen and oxygen atoms in total. The number of nitrogens with one attached hydrogen (secondary N) is 1. The normalized spacial score (nSPS) is 14.9. The van der Waals surface area contributed by atoms with Crippen LogP contribution in [-0.2, 0) is 12.8 Å². The van der Waals surface area contributed by atoms with Crippen LogP contribution in [0.3, 0.4) is 0 Å². The highest BCUT2D eigenvalue weighted by molar-refractivity contribution is 5.14. The van der Waals surface area contributed by atoms with Crippen molar-refractivity contribution in [2.75, 3.05) is 0 Å². The lowest BCUT2D eigenvalue weighted by atomic mass is 10.1. The van der Waals surface area contributed by atoms with Gasteiger partial charge in [-0.25, -0.2) is 4.98 Å². The van der Waals surface area contributed by atoms with Crippen molar-refractivity contribution in [2.24, 2.45) is 0 Å². The largest absolute Gasteiger partial charge is 0.263 e. The molecule has 1 N–H and O–H groups in total. The molecule has 0 aliphatic heterocycles. The van der Waals surface area contributed by atoms with Crippen molar-refractivity contribution in [3.63, 3.8) is 0 Å². The van der Waals surface area contributed by atoms with Gasteiger partial charge in [-0.15, -0.1) is 0 Å². The molecule has 18 heavy (non-hydrogen) atoms. The number of H-pyrrole nitrogens is 1. The summed E-state index contributed by atoms with van der Waals surface area (Å²) in [5.74, 6) is 2.75. The molecule has 3 rings (SSSR count). The van der Waals surface area contributed by atoms with Crippen LogP contribution in [-0.4, -0.2) is 15.2 Å². The molecule has 0 bridgehead atoms. The lowest BCUT2D eigenvalue weighted by molar-refractivity contribution is 0.709. The van der Waals surface area contributed by atoms with Crippen molar-refractivity contribution >= 4 is 0 Å².